The Kier molecular flexibility index (Phi) is 5.93. The molecule has 1 atom stereocenters. The third kappa shape index (κ3) is 4.59. The number of hydrogen-bond acceptors (Lipinski definition) is 5. The number of carbonyl (C=O) groups excluding carboxylic acids is 1. The van der Waals surface area contributed by atoms with Crippen LogP contribution in [0.15, 0.2) is 22.6 Å². The van der Waals surface area contributed by atoms with Crippen LogP contribution in [0.5, 0.6) is 5.75 Å². The molecule has 6 nitrogen and oxygen atoms in total. The summed E-state index contributed by atoms with van der Waals surface area (Å²) in [6.45, 7) is 1.20. The Bertz CT molecular complexity index is 1060. The van der Waals surface area contributed by atoms with Crippen LogP contribution in [-0.4, -0.2) is 36.3 Å². The lowest BCUT2D eigenvalue weighted by Gasteiger charge is -2.43. The second kappa shape index (κ2) is 8.78. The van der Waals surface area contributed by atoms with Gasteiger partial charge in [0, 0.05) is 30.3 Å². The Morgan fingerprint density at radius 2 is 1.91 bits per heavy atom. The molecule has 5 rings (SSSR count). The van der Waals surface area contributed by atoms with Crippen molar-refractivity contribution >= 4 is 17.6 Å². The summed E-state index contributed by atoms with van der Waals surface area (Å²) in [4.78, 5) is 18.5. The fourth-order valence-corrected chi connectivity index (χ4v) is 5.37. The first-order valence-corrected chi connectivity index (χ1v) is 11.8. The van der Waals surface area contributed by atoms with Gasteiger partial charge in [-0.1, -0.05) is 6.42 Å². The lowest BCUT2D eigenvalue weighted by Crippen LogP contribution is -2.40. The van der Waals surface area contributed by atoms with Gasteiger partial charge in [-0.2, -0.15) is 18.2 Å². The largest absolute Gasteiger partial charge is 0.487 e. The molecular weight excluding hydrogens is 454 g/mol. The van der Waals surface area contributed by atoms with Gasteiger partial charge in [0.2, 0.25) is 0 Å². The number of ether oxygens (including phenoxy) is 1. The molecule has 1 unspecified atom stereocenters. The lowest BCUT2D eigenvalue weighted by molar-refractivity contribution is -0.130. The van der Waals surface area contributed by atoms with Crippen molar-refractivity contribution in [1.29, 1.82) is 0 Å². The third-order valence-corrected chi connectivity index (χ3v) is 7.27. The van der Waals surface area contributed by atoms with Crippen molar-refractivity contribution in [2.24, 2.45) is 5.41 Å². The average Bonchev–Trinajstić information content (AvgIpc) is 3.47. The molecule has 1 aromatic heterocycles. The first-order valence-electron chi connectivity index (χ1n) is 11.8. The fourth-order valence-electron chi connectivity index (χ4n) is 5.37. The van der Waals surface area contributed by atoms with E-state index in [1.54, 1.807) is 4.90 Å². The number of nitrogens with zero attached hydrogens (tertiary/aromatic N) is 2. The molecule has 1 amide bonds. The second-order valence-electron chi connectivity index (χ2n) is 9.57. The van der Waals surface area contributed by atoms with Crippen LogP contribution in [0.25, 0.3) is 0 Å². The molecule has 1 aromatic carbocycles. The summed E-state index contributed by atoms with van der Waals surface area (Å²) < 4.78 is 65.2. The van der Waals surface area contributed by atoms with Crippen LogP contribution in [-0.2, 0) is 6.42 Å². The Balaban J connectivity index is 1.31. The summed E-state index contributed by atoms with van der Waals surface area (Å²) in [7, 11) is 0. The number of anilines is 2. The molecule has 0 bridgehead atoms. The molecule has 3 fully saturated rings. The molecule has 2 saturated carbocycles. The highest BCUT2D eigenvalue weighted by Crippen LogP contribution is 2.54. The van der Waals surface area contributed by atoms with Crippen molar-refractivity contribution in [2.45, 2.75) is 70.1 Å². The quantitative estimate of drug-likeness (QED) is 0.523. The number of amides is 1. The van der Waals surface area contributed by atoms with E-state index in [4.69, 9.17) is 9.15 Å². The van der Waals surface area contributed by atoms with E-state index in [-0.39, 0.29) is 29.0 Å². The predicted molar refractivity (Wildman–Crippen MR) is 117 cm³/mol. The molecule has 1 N–H and O–H groups in total. The van der Waals surface area contributed by atoms with E-state index in [2.05, 4.69) is 10.3 Å². The number of alkyl halides is 3. The zero-order valence-corrected chi connectivity index (χ0v) is 18.7. The number of halogens is 4. The smallest absolute Gasteiger partial charge is 0.396 e. The summed E-state index contributed by atoms with van der Waals surface area (Å²) in [5, 5.41) is 2.45. The topological polar surface area (TPSA) is 67.6 Å². The summed E-state index contributed by atoms with van der Waals surface area (Å²) in [6, 6.07) is 4.03. The van der Waals surface area contributed by atoms with Crippen LogP contribution in [0.1, 0.15) is 67.6 Å². The van der Waals surface area contributed by atoms with E-state index >= 15 is 0 Å². The van der Waals surface area contributed by atoms with Crippen molar-refractivity contribution in [1.82, 2.24) is 4.98 Å². The highest BCUT2D eigenvalue weighted by Gasteiger charge is 2.48. The van der Waals surface area contributed by atoms with Gasteiger partial charge in [-0.25, -0.2) is 4.39 Å². The standard InChI is InChI=1S/C24H27F4N3O3/c25-16-13-15(6-7-17(16)33-19-5-3-8-23(19)9-4-10-23)29-21(32)20-18(14-24(26,27)28)34-22(30-20)31-11-1-2-12-31/h6-7,13,19H,1-5,8-12,14H2,(H,29,32). The van der Waals surface area contributed by atoms with Gasteiger partial charge >= 0.3 is 6.18 Å². The number of hydrogen-bond donors (Lipinski definition) is 1. The van der Waals surface area contributed by atoms with Crippen molar-refractivity contribution < 1.29 is 31.5 Å². The summed E-state index contributed by atoms with van der Waals surface area (Å²) in [5.74, 6) is -1.95. The first kappa shape index (κ1) is 23.0. The zero-order chi connectivity index (χ0) is 23.9. The van der Waals surface area contributed by atoms with Crippen LogP contribution in [0.3, 0.4) is 0 Å². The molecule has 34 heavy (non-hydrogen) atoms. The number of oxazole rings is 1. The lowest BCUT2D eigenvalue weighted by atomic mass is 9.66. The molecular formula is C24H27F4N3O3. The van der Waals surface area contributed by atoms with Crippen LogP contribution in [0.4, 0.5) is 29.3 Å². The van der Waals surface area contributed by atoms with Gasteiger partial charge in [0.25, 0.3) is 11.9 Å². The number of rotatable bonds is 6. The van der Waals surface area contributed by atoms with Crippen LogP contribution in [0.2, 0.25) is 0 Å². The molecule has 3 aliphatic rings. The minimum Gasteiger partial charge on any atom is -0.487 e. The summed E-state index contributed by atoms with van der Waals surface area (Å²) >= 11 is 0. The van der Waals surface area contributed by atoms with Crippen molar-refractivity contribution in [3.63, 3.8) is 0 Å². The van der Waals surface area contributed by atoms with Crippen LogP contribution in [0, 0.1) is 11.2 Å². The maximum absolute atomic E-state index is 14.8. The molecule has 1 aliphatic heterocycles. The van der Waals surface area contributed by atoms with Gasteiger partial charge in [0.05, 0.1) is 0 Å². The molecule has 1 saturated heterocycles. The number of benzene rings is 1. The Hall–Kier alpha value is -2.78. The average molecular weight is 481 g/mol. The number of carbonyl (C=O) groups is 1. The van der Waals surface area contributed by atoms with E-state index in [1.165, 1.54) is 18.6 Å². The highest BCUT2D eigenvalue weighted by molar-refractivity contribution is 6.03. The van der Waals surface area contributed by atoms with E-state index in [0.29, 0.717) is 13.1 Å². The Labute approximate surface area is 194 Å². The van der Waals surface area contributed by atoms with E-state index in [9.17, 15) is 22.4 Å². The van der Waals surface area contributed by atoms with Gasteiger partial charge < -0.3 is 19.4 Å². The molecule has 10 heteroatoms. The van der Waals surface area contributed by atoms with E-state index < -0.39 is 35.8 Å². The maximum atomic E-state index is 14.8. The minimum absolute atomic E-state index is 0.00156. The van der Waals surface area contributed by atoms with Crippen LogP contribution >= 0.6 is 0 Å². The van der Waals surface area contributed by atoms with Crippen molar-refractivity contribution in [3.8, 4) is 5.75 Å². The summed E-state index contributed by atoms with van der Waals surface area (Å²) in [5.41, 5.74) is -0.185. The molecule has 1 spiro atoms. The maximum Gasteiger partial charge on any atom is 0.396 e. The fraction of sp³-hybridized carbons (Fsp3) is 0.583. The van der Waals surface area contributed by atoms with Crippen molar-refractivity contribution in [3.05, 3.63) is 35.5 Å². The molecule has 184 valence electrons. The number of nitrogens with one attached hydrogen (secondary N) is 1. The molecule has 2 aromatic rings. The first-order chi connectivity index (χ1) is 16.2. The summed E-state index contributed by atoms with van der Waals surface area (Å²) in [6.07, 6.45) is 2.18. The van der Waals surface area contributed by atoms with Gasteiger partial charge in [0.15, 0.2) is 17.3 Å². The Morgan fingerprint density at radius 1 is 1.18 bits per heavy atom. The monoisotopic (exact) mass is 481 g/mol. The van der Waals surface area contributed by atoms with Gasteiger partial charge in [-0.3, -0.25) is 4.79 Å². The Morgan fingerprint density at radius 3 is 2.56 bits per heavy atom. The second-order valence-corrected chi connectivity index (χ2v) is 9.57. The predicted octanol–water partition coefficient (Wildman–Crippen LogP) is 5.87. The number of aromatic nitrogens is 1. The van der Waals surface area contributed by atoms with Gasteiger partial charge in [0.1, 0.15) is 18.3 Å². The van der Waals surface area contributed by atoms with Gasteiger partial charge in [-0.15, -0.1) is 0 Å². The third-order valence-electron chi connectivity index (χ3n) is 7.27. The highest BCUT2D eigenvalue weighted by atomic mass is 19.4. The van der Waals surface area contributed by atoms with E-state index in [1.807, 2.05) is 0 Å². The SMILES string of the molecule is O=C(Nc1ccc(OC2CCCC23CCC3)c(F)c1)c1nc(N2CCCC2)oc1CC(F)(F)F. The van der Waals surface area contributed by atoms with Crippen LogP contribution < -0.4 is 15.0 Å². The molecule has 2 heterocycles. The van der Waals surface area contributed by atoms with Gasteiger partial charge in [-0.05, 0) is 57.1 Å². The molecule has 0 radical (unpaired) electrons. The molecule has 2 aliphatic carbocycles. The normalized spacial score (nSPS) is 21.6. The minimum atomic E-state index is -4.57. The van der Waals surface area contributed by atoms with Crippen molar-refractivity contribution in [2.75, 3.05) is 23.3 Å². The zero-order valence-electron chi connectivity index (χ0n) is 18.7. The van der Waals surface area contributed by atoms with E-state index in [0.717, 1.165) is 51.0 Å².